The van der Waals surface area contributed by atoms with Crippen molar-refractivity contribution in [2.24, 2.45) is 7.05 Å². The molecule has 0 aliphatic carbocycles. The van der Waals surface area contributed by atoms with Gasteiger partial charge in [-0.2, -0.15) is 5.10 Å². The number of benzene rings is 1. The number of anilines is 2. The van der Waals surface area contributed by atoms with Crippen molar-refractivity contribution in [2.75, 3.05) is 29.9 Å². The maximum absolute atomic E-state index is 12.2. The normalized spacial score (nSPS) is 15.4. The summed E-state index contributed by atoms with van der Waals surface area (Å²) in [5.74, 6) is 0.651. The summed E-state index contributed by atoms with van der Waals surface area (Å²) in [6.07, 6.45) is 2.54. The van der Waals surface area contributed by atoms with E-state index in [-0.39, 0.29) is 18.5 Å². The highest BCUT2D eigenvalue weighted by atomic mass is 16.2. The molecule has 1 fully saturated rings. The fraction of sp³-hybridized carbons (Fsp3) is 0.474. The quantitative estimate of drug-likeness (QED) is 0.848. The van der Waals surface area contributed by atoms with E-state index in [0.29, 0.717) is 5.82 Å². The minimum Gasteiger partial charge on any atom is -0.372 e. The van der Waals surface area contributed by atoms with E-state index in [4.69, 9.17) is 0 Å². The molecule has 1 aromatic carbocycles. The second-order valence-electron chi connectivity index (χ2n) is 6.73. The minimum absolute atomic E-state index is 0.0643. The Hall–Kier alpha value is -2.34. The second kappa shape index (κ2) is 7.70. The zero-order valence-electron chi connectivity index (χ0n) is 15.2. The van der Waals surface area contributed by atoms with Crippen molar-refractivity contribution >= 4 is 17.4 Å². The monoisotopic (exact) mass is 341 g/mol. The van der Waals surface area contributed by atoms with Gasteiger partial charge >= 0.3 is 0 Å². The first kappa shape index (κ1) is 17.5. The van der Waals surface area contributed by atoms with Gasteiger partial charge in [0.2, 0.25) is 5.91 Å². The van der Waals surface area contributed by atoms with Crippen LogP contribution in [0.3, 0.4) is 0 Å². The molecule has 134 valence electrons. The summed E-state index contributed by atoms with van der Waals surface area (Å²) in [6.45, 7) is 6.53. The zero-order valence-corrected chi connectivity index (χ0v) is 15.2. The lowest BCUT2D eigenvalue weighted by atomic mass is 10.1. The molecule has 6 nitrogen and oxygen atoms in total. The third-order valence-electron chi connectivity index (χ3n) is 4.68. The third-order valence-corrected chi connectivity index (χ3v) is 4.68. The molecule has 1 atom stereocenters. The molecular formula is C19H27N5O. The maximum atomic E-state index is 12.2. The van der Waals surface area contributed by atoms with Crippen molar-refractivity contribution < 1.29 is 4.79 Å². The summed E-state index contributed by atoms with van der Waals surface area (Å²) in [5.41, 5.74) is 3.37. The van der Waals surface area contributed by atoms with E-state index in [1.807, 2.05) is 20.0 Å². The Kier molecular flexibility index (Phi) is 5.38. The Morgan fingerprint density at radius 1 is 1.28 bits per heavy atom. The van der Waals surface area contributed by atoms with E-state index in [0.717, 1.165) is 18.8 Å². The van der Waals surface area contributed by atoms with E-state index in [1.165, 1.54) is 24.1 Å². The Labute approximate surface area is 149 Å². The van der Waals surface area contributed by atoms with Crippen molar-refractivity contribution in [3.63, 3.8) is 0 Å². The molecule has 1 aliphatic heterocycles. The molecule has 0 unspecified atom stereocenters. The van der Waals surface area contributed by atoms with Gasteiger partial charge in [-0.1, -0.05) is 12.1 Å². The molecule has 2 aromatic rings. The second-order valence-corrected chi connectivity index (χ2v) is 6.73. The van der Waals surface area contributed by atoms with Crippen molar-refractivity contribution in [1.82, 2.24) is 15.1 Å². The fourth-order valence-corrected chi connectivity index (χ4v) is 3.24. The van der Waals surface area contributed by atoms with Crippen LogP contribution in [0.15, 0.2) is 30.3 Å². The molecule has 3 rings (SSSR count). The van der Waals surface area contributed by atoms with Crippen LogP contribution in [0.5, 0.6) is 0 Å². The molecule has 0 spiro atoms. The minimum atomic E-state index is -0.0643. The summed E-state index contributed by atoms with van der Waals surface area (Å²) in [7, 11) is 1.82. The first-order valence-electron chi connectivity index (χ1n) is 8.92. The summed E-state index contributed by atoms with van der Waals surface area (Å²) in [4.78, 5) is 14.6. The number of nitrogens with one attached hydrogen (secondary N) is 2. The Balaban J connectivity index is 1.55. The SMILES string of the molecule is Cc1cc(NC(=O)CN[C@H](C)c2cccc(N3CCCC3)c2)n(C)n1. The van der Waals surface area contributed by atoms with Crippen molar-refractivity contribution in [2.45, 2.75) is 32.7 Å². The Morgan fingerprint density at radius 3 is 2.72 bits per heavy atom. The van der Waals surface area contributed by atoms with Crippen LogP contribution in [0.25, 0.3) is 0 Å². The predicted molar refractivity (Wildman–Crippen MR) is 101 cm³/mol. The zero-order chi connectivity index (χ0) is 17.8. The van der Waals surface area contributed by atoms with Crippen molar-refractivity contribution in [1.29, 1.82) is 0 Å². The number of hydrogen-bond donors (Lipinski definition) is 2. The average molecular weight is 341 g/mol. The highest BCUT2D eigenvalue weighted by Crippen LogP contribution is 2.23. The van der Waals surface area contributed by atoms with E-state index >= 15 is 0 Å². The van der Waals surface area contributed by atoms with Gasteiger partial charge in [0.25, 0.3) is 0 Å². The molecule has 1 amide bonds. The standard InChI is InChI=1S/C19H27N5O/c1-14-11-18(23(3)22-14)21-19(25)13-20-15(2)16-7-6-8-17(12-16)24-9-4-5-10-24/h6-8,11-12,15,20H,4-5,9-10,13H2,1-3H3,(H,21,25)/t15-/m1/s1. The van der Waals surface area contributed by atoms with E-state index < -0.39 is 0 Å². The number of amides is 1. The average Bonchev–Trinajstić information content (AvgIpc) is 3.23. The maximum Gasteiger partial charge on any atom is 0.239 e. The van der Waals surface area contributed by atoms with E-state index in [9.17, 15) is 4.79 Å². The van der Waals surface area contributed by atoms with Crippen LogP contribution in [-0.2, 0) is 11.8 Å². The largest absolute Gasteiger partial charge is 0.372 e. The molecule has 2 N–H and O–H groups in total. The van der Waals surface area contributed by atoms with Crippen LogP contribution in [0.2, 0.25) is 0 Å². The molecular weight excluding hydrogens is 314 g/mol. The summed E-state index contributed by atoms with van der Waals surface area (Å²) in [5, 5.41) is 10.4. The van der Waals surface area contributed by atoms with Gasteiger partial charge in [0.1, 0.15) is 5.82 Å². The molecule has 0 radical (unpaired) electrons. The van der Waals surface area contributed by atoms with Crippen LogP contribution in [-0.4, -0.2) is 35.3 Å². The Bertz CT molecular complexity index is 733. The van der Waals surface area contributed by atoms with Crippen LogP contribution >= 0.6 is 0 Å². The van der Waals surface area contributed by atoms with Crippen LogP contribution < -0.4 is 15.5 Å². The molecule has 25 heavy (non-hydrogen) atoms. The smallest absolute Gasteiger partial charge is 0.239 e. The first-order valence-corrected chi connectivity index (χ1v) is 8.92. The number of carbonyl (C=O) groups excluding carboxylic acids is 1. The van der Waals surface area contributed by atoms with Gasteiger partial charge in [-0.15, -0.1) is 0 Å². The lowest BCUT2D eigenvalue weighted by Gasteiger charge is -2.20. The molecule has 1 aliphatic rings. The van der Waals surface area contributed by atoms with Gasteiger partial charge in [0, 0.05) is 37.9 Å². The van der Waals surface area contributed by atoms with Crippen molar-refractivity contribution in [3.05, 3.63) is 41.6 Å². The number of aromatic nitrogens is 2. The summed E-state index contributed by atoms with van der Waals surface area (Å²) < 4.78 is 1.68. The summed E-state index contributed by atoms with van der Waals surface area (Å²) in [6, 6.07) is 10.6. The van der Waals surface area contributed by atoms with E-state index in [1.54, 1.807) is 4.68 Å². The number of nitrogens with zero attached hydrogens (tertiary/aromatic N) is 3. The van der Waals surface area contributed by atoms with Gasteiger partial charge < -0.3 is 15.5 Å². The highest BCUT2D eigenvalue weighted by Gasteiger charge is 2.14. The fourth-order valence-electron chi connectivity index (χ4n) is 3.24. The van der Waals surface area contributed by atoms with Gasteiger partial charge in [0.15, 0.2) is 0 Å². The molecule has 1 aromatic heterocycles. The number of aryl methyl sites for hydroxylation is 2. The van der Waals surface area contributed by atoms with Crippen LogP contribution in [0.1, 0.15) is 37.1 Å². The molecule has 6 heteroatoms. The van der Waals surface area contributed by atoms with Gasteiger partial charge in [-0.25, -0.2) is 0 Å². The lowest BCUT2D eigenvalue weighted by molar-refractivity contribution is -0.115. The number of hydrogen-bond acceptors (Lipinski definition) is 4. The van der Waals surface area contributed by atoms with E-state index in [2.05, 4.69) is 51.8 Å². The first-order chi connectivity index (χ1) is 12.0. The number of rotatable bonds is 6. The lowest BCUT2D eigenvalue weighted by Crippen LogP contribution is -2.30. The van der Waals surface area contributed by atoms with Gasteiger partial charge in [-0.3, -0.25) is 9.48 Å². The van der Waals surface area contributed by atoms with Crippen LogP contribution in [0, 0.1) is 6.92 Å². The third kappa shape index (κ3) is 4.39. The summed E-state index contributed by atoms with van der Waals surface area (Å²) >= 11 is 0. The van der Waals surface area contributed by atoms with Crippen LogP contribution in [0.4, 0.5) is 11.5 Å². The molecule has 1 saturated heterocycles. The molecule has 0 saturated carbocycles. The molecule has 0 bridgehead atoms. The van der Waals surface area contributed by atoms with Gasteiger partial charge in [0.05, 0.1) is 12.2 Å². The predicted octanol–water partition coefficient (Wildman–Crippen LogP) is 2.62. The van der Waals surface area contributed by atoms with Gasteiger partial charge in [-0.05, 0) is 44.4 Å². The highest BCUT2D eigenvalue weighted by molar-refractivity contribution is 5.91. The number of carbonyl (C=O) groups is 1. The molecule has 2 heterocycles. The van der Waals surface area contributed by atoms with Crippen molar-refractivity contribution in [3.8, 4) is 0 Å². The Morgan fingerprint density at radius 2 is 2.04 bits per heavy atom. The topological polar surface area (TPSA) is 62.2 Å².